The van der Waals surface area contributed by atoms with Gasteiger partial charge in [0, 0.05) is 44.7 Å². The van der Waals surface area contributed by atoms with Gasteiger partial charge in [-0.2, -0.15) is 0 Å². The molecule has 110 valence electrons. The van der Waals surface area contributed by atoms with Crippen molar-refractivity contribution in [2.24, 2.45) is 0 Å². The van der Waals surface area contributed by atoms with E-state index in [4.69, 9.17) is 4.74 Å². The van der Waals surface area contributed by atoms with Gasteiger partial charge in [0.1, 0.15) is 5.69 Å². The highest BCUT2D eigenvalue weighted by atomic mass is 16.5. The van der Waals surface area contributed by atoms with Crippen molar-refractivity contribution in [1.29, 1.82) is 0 Å². The smallest absolute Gasteiger partial charge is 0.272 e. The molecule has 0 saturated carbocycles. The number of hydrogen-bond donors (Lipinski definition) is 1. The topological polar surface area (TPSA) is 54.5 Å². The standard InChI is InChI=1S/C15H23N3O2/c1-3-7-16-12-4-8-17-14(11-12)15(19)18(2)13-5-9-20-10-6-13/h4,8,11,13H,3,5-7,9-10H2,1-2H3,(H,16,17). The van der Waals surface area contributed by atoms with Gasteiger partial charge in [0.25, 0.3) is 5.91 Å². The van der Waals surface area contributed by atoms with Gasteiger partial charge in [0.15, 0.2) is 0 Å². The Morgan fingerprint density at radius 1 is 1.50 bits per heavy atom. The van der Waals surface area contributed by atoms with Crippen LogP contribution in [0.1, 0.15) is 36.7 Å². The molecule has 1 N–H and O–H groups in total. The Balaban J connectivity index is 2.03. The molecule has 5 heteroatoms. The zero-order valence-corrected chi connectivity index (χ0v) is 12.3. The summed E-state index contributed by atoms with van der Waals surface area (Å²) in [6.07, 6.45) is 4.53. The van der Waals surface area contributed by atoms with Crippen LogP contribution in [0.4, 0.5) is 5.69 Å². The van der Waals surface area contributed by atoms with Crippen LogP contribution >= 0.6 is 0 Å². The molecular formula is C15H23N3O2. The van der Waals surface area contributed by atoms with Crippen molar-refractivity contribution in [2.45, 2.75) is 32.2 Å². The van der Waals surface area contributed by atoms with E-state index in [9.17, 15) is 4.79 Å². The quantitative estimate of drug-likeness (QED) is 0.896. The van der Waals surface area contributed by atoms with Crippen molar-refractivity contribution in [3.05, 3.63) is 24.0 Å². The van der Waals surface area contributed by atoms with E-state index in [2.05, 4.69) is 17.2 Å². The fourth-order valence-electron chi connectivity index (χ4n) is 2.35. The number of ether oxygens (including phenoxy) is 1. The summed E-state index contributed by atoms with van der Waals surface area (Å²) in [7, 11) is 1.85. The second-order valence-corrected chi connectivity index (χ2v) is 5.12. The first-order chi connectivity index (χ1) is 9.72. The summed E-state index contributed by atoms with van der Waals surface area (Å²) in [5.41, 5.74) is 1.45. The van der Waals surface area contributed by atoms with E-state index < -0.39 is 0 Å². The van der Waals surface area contributed by atoms with Crippen LogP contribution in [0.3, 0.4) is 0 Å². The lowest BCUT2D eigenvalue weighted by Gasteiger charge is -2.31. The molecule has 20 heavy (non-hydrogen) atoms. The molecule has 0 radical (unpaired) electrons. The van der Waals surface area contributed by atoms with E-state index in [1.54, 1.807) is 11.1 Å². The summed E-state index contributed by atoms with van der Waals surface area (Å²) < 4.78 is 5.34. The average molecular weight is 277 g/mol. The number of nitrogens with one attached hydrogen (secondary N) is 1. The van der Waals surface area contributed by atoms with Crippen LogP contribution in [-0.2, 0) is 4.74 Å². The predicted molar refractivity (Wildman–Crippen MR) is 79.0 cm³/mol. The molecule has 0 aliphatic carbocycles. The van der Waals surface area contributed by atoms with Crippen molar-refractivity contribution in [1.82, 2.24) is 9.88 Å². The molecule has 1 aliphatic rings. The summed E-state index contributed by atoms with van der Waals surface area (Å²) in [4.78, 5) is 18.5. The van der Waals surface area contributed by atoms with Crippen LogP contribution in [0.5, 0.6) is 0 Å². The van der Waals surface area contributed by atoms with Crippen LogP contribution in [0, 0.1) is 0 Å². The predicted octanol–water partition coefficient (Wildman–Crippen LogP) is 2.15. The summed E-state index contributed by atoms with van der Waals surface area (Å²) in [6, 6.07) is 3.97. The lowest BCUT2D eigenvalue weighted by molar-refractivity contribution is 0.0359. The second kappa shape index (κ2) is 7.24. The van der Waals surface area contributed by atoms with Gasteiger partial charge in [0.05, 0.1) is 0 Å². The van der Waals surface area contributed by atoms with Crippen LogP contribution in [-0.4, -0.2) is 48.6 Å². The summed E-state index contributed by atoms with van der Waals surface area (Å²) in [5.74, 6) is -0.0166. The maximum Gasteiger partial charge on any atom is 0.272 e. The van der Waals surface area contributed by atoms with Gasteiger partial charge in [-0.3, -0.25) is 9.78 Å². The van der Waals surface area contributed by atoms with Gasteiger partial charge in [-0.25, -0.2) is 0 Å². The van der Waals surface area contributed by atoms with Crippen molar-refractivity contribution >= 4 is 11.6 Å². The monoisotopic (exact) mass is 277 g/mol. The number of amides is 1. The minimum absolute atomic E-state index is 0.0166. The van der Waals surface area contributed by atoms with Crippen LogP contribution < -0.4 is 5.32 Å². The third-order valence-electron chi connectivity index (χ3n) is 3.62. The molecule has 2 heterocycles. The Hall–Kier alpha value is -1.62. The Labute approximate surface area is 120 Å². The number of rotatable bonds is 5. The van der Waals surface area contributed by atoms with Gasteiger partial charge in [-0.15, -0.1) is 0 Å². The highest BCUT2D eigenvalue weighted by Gasteiger charge is 2.24. The number of carbonyl (C=O) groups is 1. The molecule has 0 spiro atoms. The first kappa shape index (κ1) is 14.8. The summed E-state index contributed by atoms with van der Waals surface area (Å²) >= 11 is 0. The van der Waals surface area contributed by atoms with Crippen molar-refractivity contribution < 1.29 is 9.53 Å². The highest BCUT2D eigenvalue weighted by Crippen LogP contribution is 2.16. The third kappa shape index (κ3) is 3.70. The highest BCUT2D eigenvalue weighted by molar-refractivity contribution is 5.93. The van der Waals surface area contributed by atoms with Gasteiger partial charge < -0.3 is 15.0 Å². The van der Waals surface area contributed by atoms with E-state index in [1.165, 1.54) is 0 Å². The molecule has 5 nitrogen and oxygen atoms in total. The molecule has 1 amide bonds. The van der Waals surface area contributed by atoms with Crippen LogP contribution in [0.25, 0.3) is 0 Å². The van der Waals surface area contributed by atoms with Gasteiger partial charge in [0.2, 0.25) is 0 Å². The lowest BCUT2D eigenvalue weighted by atomic mass is 10.1. The first-order valence-corrected chi connectivity index (χ1v) is 7.27. The fraction of sp³-hybridized carbons (Fsp3) is 0.600. The Bertz CT molecular complexity index is 444. The Kier molecular flexibility index (Phi) is 5.35. The van der Waals surface area contributed by atoms with E-state index in [1.807, 2.05) is 19.2 Å². The number of hydrogen-bond acceptors (Lipinski definition) is 4. The largest absolute Gasteiger partial charge is 0.385 e. The maximum atomic E-state index is 12.5. The third-order valence-corrected chi connectivity index (χ3v) is 3.62. The van der Waals surface area contributed by atoms with E-state index >= 15 is 0 Å². The lowest BCUT2D eigenvalue weighted by Crippen LogP contribution is -2.40. The fourth-order valence-corrected chi connectivity index (χ4v) is 2.35. The number of anilines is 1. The number of aromatic nitrogens is 1. The van der Waals surface area contributed by atoms with Crippen LogP contribution in [0.2, 0.25) is 0 Å². The Morgan fingerprint density at radius 3 is 2.95 bits per heavy atom. The Morgan fingerprint density at radius 2 is 2.25 bits per heavy atom. The molecule has 0 aromatic carbocycles. The summed E-state index contributed by atoms with van der Waals surface area (Å²) in [5, 5.41) is 3.28. The molecule has 1 aliphatic heterocycles. The normalized spacial score (nSPS) is 15.9. The zero-order valence-electron chi connectivity index (χ0n) is 12.3. The number of nitrogens with zero attached hydrogens (tertiary/aromatic N) is 2. The molecule has 1 fully saturated rings. The summed E-state index contributed by atoms with van der Waals surface area (Å²) in [6.45, 7) is 4.47. The molecule has 1 saturated heterocycles. The number of pyridine rings is 1. The van der Waals surface area contributed by atoms with E-state index in [0.717, 1.165) is 44.7 Å². The van der Waals surface area contributed by atoms with Crippen molar-refractivity contribution in [3.8, 4) is 0 Å². The van der Waals surface area contributed by atoms with Gasteiger partial charge in [-0.1, -0.05) is 6.92 Å². The van der Waals surface area contributed by atoms with Gasteiger partial charge >= 0.3 is 0 Å². The number of carbonyl (C=O) groups excluding carboxylic acids is 1. The molecule has 1 aromatic rings. The second-order valence-electron chi connectivity index (χ2n) is 5.12. The van der Waals surface area contributed by atoms with E-state index in [-0.39, 0.29) is 11.9 Å². The van der Waals surface area contributed by atoms with Crippen molar-refractivity contribution in [3.63, 3.8) is 0 Å². The first-order valence-electron chi connectivity index (χ1n) is 7.27. The minimum atomic E-state index is -0.0166. The molecular weight excluding hydrogens is 254 g/mol. The molecule has 0 unspecified atom stereocenters. The molecule has 0 bridgehead atoms. The average Bonchev–Trinajstić information content (AvgIpc) is 2.52. The maximum absolute atomic E-state index is 12.5. The van der Waals surface area contributed by atoms with Gasteiger partial charge in [-0.05, 0) is 31.4 Å². The molecule has 0 atom stereocenters. The van der Waals surface area contributed by atoms with E-state index in [0.29, 0.717) is 5.69 Å². The zero-order chi connectivity index (χ0) is 14.4. The minimum Gasteiger partial charge on any atom is -0.385 e. The van der Waals surface area contributed by atoms with Crippen LogP contribution in [0.15, 0.2) is 18.3 Å². The van der Waals surface area contributed by atoms with Crippen molar-refractivity contribution in [2.75, 3.05) is 32.1 Å². The molecule has 2 rings (SSSR count). The molecule has 1 aromatic heterocycles. The SMILES string of the molecule is CCCNc1ccnc(C(=O)N(C)C2CCOCC2)c1.